The predicted molar refractivity (Wildman–Crippen MR) is 108 cm³/mol. The van der Waals surface area contributed by atoms with Gasteiger partial charge >= 0.3 is 0 Å². The minimum Gasteiger partial charge on any atom is -0.341 e. The van der Waals surface area contributed by atoms with Crippen LogP contribution in [0.15, 0.2) is 54.7 Å². The van der Waals surface area contributed by atoms with Crippen molar-refractivity contribution in [2.45, 2.75) is 26.3 Å². The third kappa shape index (κ3) is 3.78. The molecule has 1 amide bonds. The molecule has 3 N–H and O–H groups in total. The number of aromatic nitrogens is 5. The molecule has 0 spiro atoms. The van der Waals surface area contributed by atoms with Crippen LogP contribution < -0.4 is 5.32 Å². The molecule has 3 heterocycles. The number of carbonyl (C=O) groups is 1. The summed E-state index contributed by atoms with van der Waals surface area (Å²) in [6, 6.07) is 14.9. The van der Waals surface area contributed by atoms with Crippen LogP contribution in [0.4, 0.5) is 0 Å². The highest BCUT2D eigenvalue weighted by Gasteiger charge is 2.21. The van der Waals surface area contributed by atoms with E-state index in [4.69, 9.17) is 0 Å². The summed E-state index contributed by atoms with van der Waals surface area (Å²) in [6.45, 7) is 4.24. The molecule has 0 unspecified atom stereocenters. The lowest BCUT2D eigenvalue weighted by Crippen LogP contribution is -2.30. The molecule has 7 nitrogen and oxygen atoms in total. The van der Waals surface area contributed by atoms with Gasteiger partial charge < -0.3 is 10.3 Å². The summed E-state index contributed by atoms with van der Waals surface area (Å²) < 4.78 is 0. The van der Waals surface area contributed by atoms with Crippen LogP contribution in [0.2, 0.25) is 0 Å². The normalized spacial score (nSPS) is 12.4. The smallest absolute Gasteiger partial charge is 0.269 e. The van der Waals surface area contributed by atoms with E-state index in [-0.39, 0.29) is 11.9 Å². The van der Waals surface area contributed by atoms with E-state index in [1.54, 1.807) is 12.3 Å². The van der Waals surface area contributed by atoms with Gasteiger partial charge in [-0.05, 0) is 42.7 Å². The first-order valence-corrected chi connectivity index (χ1v) is 9.32. The molecule has 3 aromatic heterocycles. The third-order valence-corrected chi connectivity index (χ3v) is 4.50. The van der Waals surface area contributed by atoms with E-state index in [9.17, 15) is 4.79 Å². The van der Waals surface area contributed by atoms with Gasteiger partial charge in [-0.3, -0.25) is 14.9 Å². The van der Waals surface area contributed by atoms with Crippen molar-refractivity contribution < 1.29 is 4.79 Å². The molecule has 0 radical (unpaired) electrons. The number of nitrogens with one attached hydrogen (secondary N) is 3. The topological polar surface area (TPSA) is 99.3 Å². The lowest BCUT2D eigenvalue weighted by Gasteiger charge is -2.18. The van der Waals surface area contributed by atoms with Crippen LogP contribution in [-0.2, 0) is 0 Å². The summed E-state index contributed by atoms with van der Waals surface area (Å²) in [7, 11) is 0. The number of para-hydroxylation sites is 2. The molecule has 4 rings (SSSR count). The Balaban J connectivity index is 1.57. The van der Waals surface area contributed by atoms with E-state index in [2.05, 4.69) is 44.3 Å². The van der Waals surface area contributed by atoms with E-state index in [1.807, 2.05) is 42.5 Å². The molecule has 28 heavy (non-hydrogen) atoms. The van der Waals surface area contributed by atoms with E-state index in [1.165, 1.54) is 0 Å². The van der Waals surface area contributed by atoms with Gasteiger partial charge in [0.1, 0.15) is 17.2 Å². The van der Waals surface area contributed by atoms with Crippen molar-refractivity contribution in [2.75, 3.05) is 0 Å². The summed E-state index contributed by atoms with van der Waals surface area (Å²) in [6.07, 6.45) is 2.47. The molecular formula is C21H22N6O. The van der Waals surface area contributed by atoms with Crippen LogP contribution in [-0.4, -0.2) is 31.1 Å². The van der Waals surface area contributed by atoms with Crippen LogP contribution in [0.25, 0.3) is 22.4 Å². The number of carbonyl (C=O) groups excluding carboxylic acids is 1. The summed E-state index contributed by atoms with van der Waals surface area (Å²) >= 11 is 0. The predicted octanol–water partition coefficient (Wildman–Crippen LogP) is 3.87. The molecule has 0 aliphatic carbocycles. The van der Waals surface area contributed by atoms with Gasteiger partial charge in [-0.15, -0.1) is 0 Å². The first-order chi connectivity index (χ1) is 13.6. The zero-order chi connectivity index (χ0) is 19.5. The van der Waals surface area contributed by atoms with Gasteiger partial charge in [0, 0.05) is 6.20 Å². The van der Waals surface area contributed by atoms with E-state index in [0.29, 0.717) is 23.0 Å². The molecule has 142 valence electrons. The fourth-order valence-electron chi connectivity index (χ4n) is 3.17. The largest absolute Gasteiger partial charge is 0.341 e. The van der Waals surface area contributed by atoms with Crippen LogP contribution in [0.5, 0.6) is 0 Å². The van der Waals surface area contributed by atoms with Crippen molar-refractivity contribution in [3.8, 4) is 11.4 Å². The molecular weight excluding hydrogens is 352 g/mol. The SMILES string of the molecule is CC(C)C[C@@H](NC(=O)c1cc(-c2ccccn2)n[nH]1)c1nc2ccccc2[nH]1. The van der Waals surface area contributed by atoms with Crippen molar-refractivity contribution >= 4 is 16.9 Å². The minimum absolute atomic E-state index is 0.221. The molecule has 1 atom stereocenters. The first kappa shape index (κ1) is 17.9. The Morgan fingerprint density at radius 2 is 1.93 bits per heavy atom. The maximum Gasteiger partial charge on any atom is 0.269 e. The lowest BCUT2D eigenvalue weighted by atomic mass is 10.0. The standard InChI is InChI=1S/C21H22N6O/c1-13(2)11-18(20-23-15-8-3-4-9-16(15)24-20)25-21(28)19-12-17(26-27-19)14-7-5-6-10-22-14/h3-10,12-13,18H,11H2,1-2H3,(H,23,24)(H,25,28)(H,26,27)/t18-/m1/s1. The molecule has 1 aromatic carbocycles. The molecule has 4 aromatic rings. The quantitative estimate of drug-likeness (QED) is 0.477. The number of hydrogen-bond donors (Lipinski definition) is 3. The number of aromatic amines is 2. The molecule has 0 bridgehead atoms. The van der Waals surface area contributed by atoms with Crippen LogP contribution in [0.3, 0.4) is 0 Å². The Labute approximate surface area is 162 Å². The molecule has 0 saturated heterocycles. The zero-order valence-corrected chi connectivity index (χ0v) is 15.8. The second kappa shape index (κ2) is 7.64. The third-order valence-electron chi connectivity index (χ3n) is 4.50. The Morgan fingerprint density at radius 1 is 1.11 bits per heavy atom. The number of imidazole rings is 1. The number of rotatable bonds is 6. The minimum atomic E-state index is -0.221. The molecule has 0 aliphatic heterocycles. The second-order valence-electron chi connectivity index (χ2n) is 7.18. The van der Waals surface area contributed by atoms with Gasteiger partial charge in [0.05, 0.1) is 22.8 Å². The number of fused-ring (bicyclic) bond motifs is 1. The second-order valence-corrected chi connectivity index (χ2v) is 7.18. The summed E-state index contributed by atoms with van der Waals surface area (Å²) in [4.78, 5) is 25.1. The van der Waals surface area contributed by atoms with Gasteiger partial charge in [0.25, 0.3) is 5.91 Å². The fraction of sp³-hybridized carbons (Fsp3) is 0.238. The number of hydrogen-bond acceptors (Lipinski definition) is 4. The zero-order valence-electron chi connectivity index (χ0n) is 15.8. The molecule has 0 saturated carbocycles. The maximum absolute atomic E-state index is 12.8. The number of pyridine rings is 1. The van der Waals surface area contributed by atoms with E-state index in [0.717, 1.165) is 23.3 Å². The van der Waals surface area contributed by atoms with E-state index >= 15 is 0 Å². The van der Waals surface area contributed by atoms with E-state index < -0.39 is 0 Å². The van der Waals surface area contributed by atoms with Crippen molar-refractivity contribution in [1.29, 1.82) is 0 Å². The number of amides is 1. The molecule has 0 fully saturated rings. The Bertz CT molecular complexity index is 1050. The number of nitrogens with zero attached hydrogens (tertiary/aromatic N) is 3. The first-order valence-electron chi connectivity index (χ1n) is 9.32. The average Bonchev–Trinajstić information content (AvgIpc) is 3.35. The highest BCUT2D eigenvalue weighted by atomic mass is 16.2. The highest BCUT2D eigenvalue weighted by molar-refractivity contribution is 5.93. The van der Waals surface area contributed by atoms with Crippen molar-refractivity contribution in [3.63, 3.8) is 0 Å². The van der Waals surface area contributed by atoms with Crippen molar-refractivity contribution in [3.05, 3.63) is 66.2 Å². The molecule has 0 aliphatic rings. The summed E-state index contributed by atoms with van der Waals surface area (Å²) in [5.41, 5.74) is 3.59. The average molecular weight is 374 g/mol. The van der Waals surface area contributed by atoms with Crippen molar-refractivity contribution in [2.24, 2.45) is 5.92 Å². The van der Waals surface area contributed by atoms with Crippen LogP contribution in [0, 0.1) is 5.92 Å². The monoisotopic (exact) mass is 374 g/mol. The highest BCUT2D eigenvalue weighted by Crippen LogP contribution is 2.23. The Kier molecular flexibility index (Phi) is 4.89. The lowest BCUT2D eigenvalue weighted by molar-refractivity contribution is 0.0925. The number of benzene rings is 1. The van der Waals surface area contributed by atoms with Crippen molar-refractivity contribution in [1.82, 2.24) is 30.5 Å². The molecule has 7 heteroatoms. The summed E-state index contributed by atoms with van der Waals surface area (Å²) in [5, 5.41) is 10.1. The van der Waals surface area contributed by atoms with Crippen LogP contribution in [0.1, 0.15) is 42.6 Å². The summed E-state index contributed by atoms with van der Waals surface area (Å²) in [5.74, 6) is 0.929. The van der Waals surface area contributed by atoms with Gasteiger partial charge in [-0.1, -0.05) is 32.0 Å². The van der Waals surface area contributed by atoms with Gasteiger partial charge in [-0.25, -0.2) is 4.98 Å². The number of H-pyrrole nitrogens is 2. The van der Waals surface area contributed by atoms with Gasteiger partial charge in [-0.2, -0.15) is 5.10 Å². The Morgan fingerprint density at radius 3 is 2.68 bits per heavy atom. The Hall–Kier alpha value is -3.48. The van der Waals surface area contributed by atoms with Gasteiger partial charge in [0.2, 0.25) is 0 Å². The fourth-order valence-corrected chi connectivity index (χ4v) is 3.17. The van der Waals surface area contributed by atoms with Gasteiger partial charge in [0.15, 0.2) is 0 Å². The maximum atomic E-state index is 12.8. The van der Waals surface area contributed by atoms with Crippen LogP contribution >= 0.6 is 0 Å².